The highest BCUT2D eigenvalue weighted by Crippen LogP contribution is 2.21. The van der Waals surface area contributed by atoms with Crippen molar-refractivity contribution in [2.75, 3.05) is 26.8 Å². The zero-order valence-electron chi connectivity index (χ0n) is 9.96. The second-order valence-corrected chi connectivity index (χ2v) is 4.06. The van der Waals surface area contributed by atoms with Crippen LogP contribution in [-0.4, -0.2) is 26.8 Å². The summed E-state index contributed by atoms with van der Waals surface area (Å²) in [5, 5.41) is 3.27. The largest absolute Gasteiger partial charge is 0.494 e. The van der Waals surface area contributed by atoms with Gasteiger partial charge >= 0.3 is 0 Å². The molecule has 1 heterocycles. The van der Waals surface area contributed by atoms with Gasteiger partial charge in [-0.05, 0) is 30.7 Å². The van der Waals surface area contributed by atoms with Crippen molar-refractivity contribution < 1.29 is 13.9 Å². The van der Waals surface area contributed by atoms with E-state index in [0.29, 0.717) is 6.42 Å². The van der Waals surface area contributed by atoms with Crippen molar-refractivity contribution in [3.63, 3.8) is 0 Å². The van der Waals surface area contributed by atoms with Crippen LogP contribution in [0.2, 0.25) is 0 Å². The molecule has 4 heteroatoms. The second-order valence-electron chi connectivity index (χ2n) is 4.06. The molecule has 1 radical (unpaired) electrons. The maximum atomic E-state index is 13.5. The van der Waals surface area contributed by atoms with Crippen molar-refractivity contribution in [3.05, 3.63) is 35.7 Å². The van der Waals surface area contributed by atoms with E-state index in [2.05, 4.69) is 5.32 Å². The molecule has 1 aromatic carbocycles. The predicted molar refractivity (Wildman–Crippen MR) is 63.3 cm³/mol. The van der Waals surface area contributed by atoms with Crippen molar-refractivity contribution in [1.29, 1.82) is 0 Å². The second kappa shape index (κ2) is 5.98. The number of nitrogens with one attached hydrogen (secondary N) is 1. The lowest BCUT2D eigenvalue weighted by Gasteiger charge is -2.14. The Labute approximate surface area is 101 Å². The van der Waals surface area contributed by atoms with Crippen LogP contribution >= 0.6 is 0 Å². The molecule has 17 heavy (non-hydrogen) atoms. The van der Waals surface area contributed by atoms with Crippen LogP contribution in [0.3, 0.4) is 0 Å². The standard InChI is InChI=1S/C13H17FNO2/c1-16-13-4-3-10(8-12(13)14)7-11-9-15-5-2-6-17-11/h3-4,8,15H,2,5-7,9H2,1H3. The lowest BCUT2D eigenvalue weighted by atomic mass is 10.1. The van der Waals surface area contributed by atoms with Crippen LogP contribution < -0.4 is 10.1 Å². The van der Waals surface area contributed by atoms with E-state index >= 15 is 0 Å². The van der Waals surface area contributed by atoms with E-state index in [1.54, 1.807) is 6.07 Å². The van der Waals surface area contributed by atoms with Gasteiger partial charge in [0.25, 0.3) is 0 Å². The highest BCUT2D eigenvalue weighted by molar-refractivity contribution is 5.30. The maximum Gasteiger partial charge on any atom is 0.165 e. The van der Waals surface area contributed by atoms with E-state index in [9.17, 15) is 4.39 Å². The van der Waals surface area contributed by atoms with Gasteiger partial charge in [-0.2, -0.15) is 0 Å². The molecule has 93 valence electrons. The molecule has 0 bridgehead atoms. The smallest absolute Gasteiger partial charge is 0.165 e. The minimum atomic E-state index is -0.327. The molecule has 1 aliphatic rings. The Morgan fingerprint density at radius 2 is 2.35 bits per heavy atom. The van der Waals surface area contributed by atoms with E-state index in [1.807, 2.05) is 6.07 Å². The number of benzene rings is 1. The minimum Gasteiger partial charge on any atom is -0.494 e. The SMILES string of the molecule is COc1ccc(C[C]2CNCCCO2)cc1F. The van der Waals surface area contributed by atoms with E-state index in [1.165, 1.54) is 13.2 Å². The van der Waals surface area contributed by atoms with E-state index in [0.717, 1.165) is 37.8 Å². The van der Waals surface area contributed by atoms with Gasteiger partial charge in [-0.15, -0.1) is 0 Å². The Kier molecular flexibility index (Phi) is 4.34. The summed E-state index contributed by atoms with van der Waals surface area (Å²) in [4.78, 5) is 0. The molecule has 0 spiro atoms. The van der Waals surface area contributed by atoms with Crippen molar-refractivity contribution in [2.45, 2.75) is 12.8 Å². The fourth-order valence-electron chi connectivity index (χ4n) is 1.85. The predicted octanol–water partition coefficient (Wildman–Crippen LogP) is 1.92. The molecule has 1 saturated heterocycles. The third-order valence-corrected chi connectivity index (χ3v) is 2.74. The van der Waals surface area contributed by atoms with Crippen molar-refractivity contribution >= 4 is 0 Å². The maximum absolute atomic E-state index is 13.5. The molecule has 1 aliphatic heterocycles. The summed E-state index contributed by atoms with van der Waals surface area (Å²) in [5.74, 6) is -0.0501. The Bertz CT molecular complexity index is 362. The number of hydrogen-bond acceptors (Lipinski definition) is 3. The fourth-order valence-corrected chi connectivity index (χ4v) is 1.85. The first kappa shape index (κ1) is 12.3. The van der Waals surface area contributed by atoms with E-state index < -0.39 is 0 Å². The molecule has 1 aromatic rings. The van der Waals surface area contributed by atoms with Gasteiger partial charge in [0.15, 0.2) is 11.6 Å². The summed E-state index contributed by atoms with van der Waals surface area (Å²) in [7, 11) is 1.46. The van der Waals surface area contributed by atoms with Crippen molar-refractivity contribution in [3.8, 4) is 5.75 Å². The lowest BCUT2D eigenvalue weighted by Crippen LogP contribution is -2.21. The minimum absolute atomic E-state index is 0.277. The zero-order valence-corrected chi connectivity index (χ0v) is 9.96. The van der Waals surface area contributed by atoms with Crippen LogP contribution in [-0.2, 0) is 11.2 Å². The fraction of sp³-hybridized carbons (Fsp3) is 0.462. The molecule has 0 amide bonds. The third kappa shape index (κ3) is 3.41. The van der Waals surface area contributed by atoms with Crippen LogP contribution in [0.5, 0.6) is 5.75 Å². The Hall–Kier alpha value is -1.13. The highest BCUT2D eigenvalue weighted by Gasteiger charge is 2.15. The molecule has 1 fully saturated rings. The van der Waals surface area contributed by atoms with Crippen LogP contribution in [0.4, 0.5) is 4.39 Å². The molecular weight excluding hydrogens is 221 g/mol. The summed E-state index contributed by atoms with van der Waals surface area (Å²) in [6.07, 6.45) is 2.63. The Balaban J connectivity index is 1.99. The monoisotopic (exact) mass is 238 g/mol. The van der Waals surface area contributed by atoms with Crippen LogP contribution in [0.25, 0.3) is 0 Å². The first-order valence-corrected chi connectivity index (χ1v) is 5.80. The molecule has 2 rings (SSSR count). The van der Waals surface area contributed by atoms with Gasteiger partial charge < -0.3 is 14.8 Å². The lowest BCUT2D eigenvalue weighted by molar-refractivity contribution is 0.150. The average molecular weight is 238 g/mol. The third-order valence-electron chi connectivity index (χ3n) is 2.74. The quantitative estimate of drug-likeness (QED) is 0.872. The first-order chi connectivity index (χ1) is 8.29. The number of methoxy groups -OCH3 is 1. The van der Waals surface area contributed by atoms with Gasteiger partial charge in [-0.25, -0.2) is 4.39 Å². The van der Waals surface area contributed by atoms with E-state index in [4.69, 9.17) is 9.47 Å². The summed E-state index contributed by atoms with van der Waals surface area (Å²) >= 11 is 0. The molecule has 0 unspecified atom stereocenters. The van der Waals surface area contributed by atoms with Gasteiger partial charge in [0.2, 0.25) is 0 Å². The van der Waals surface area contributed by atoms with Gasteiger partial charge in [0.05, 0.1) is 7.11 Å². The van der Waals surface area contributed by atoms with E-state index in [-0.39, 0.29) is 11.6 Å². The highest BCUT2D eigenvalue weighted by atomic mass is 19.1. The molecule has 0 aromatic heterocycles. The molecule has 0 saturated carbocycles. The Morgan fingerprint density at radius 1 is 1.47 bits per heavy atom. The van der Waals surface area contributed by atoms with Crippen molar-refractivity contribution in [2.24, 2.45) is 0 Å². The van der Waals surface area contributed by atoms with Gasteiger partial charge in [0.1, 0.15) is 6.10 Å². The topological polar surface area (TPSA) is 30.5 Å². The molecular formula is C13H17FNO2. The average Bonchev–Trinajstić information content (AvgIpc) is 2.58. The van der Waals surface area contributed by atoms with Crippen LogP contribution in [0.15, 0.2) is 18.2 Å². The molecule has 0 atom stereocenters. The molecule has 1 N–H and O–H groups in total. The van der Waals surface area contributed by atoms with Gasteiger partial charge in [-0.3, -0.25) is 0 Å². The summed E-state index contributed by atoms with van der Waals surface area (Å²) in [5.41, 5.74) is 0.905. The summed E-state index contributed by atoms with van der Waals surface area (Å²) in [6.45, 7) is 2.45. The van der Waals surface area contributed by atoms with Crippen molar-refractivity contribution in [1.82, 2.24) is 5.32 Å². The number of rotatable bonds is 3. The molecule has 3 nitrogen and oxygen atoms in total. The molecule has 0 aliphatic carbocycles. The zero-order chi connectivity index (χ0) is 12.1. The van der Waals surface area contributed by atoms with Crippen LogP contribution in [0.1, 0.15) is 12.0 Å². The Morgan fingerprint density at radius 3 is 3.12 bits per heavy atom. The summed E-state index contributed by atoms with van der Waals surface area (Å²) in [6, 6.07) is 5.01. The normalized spacial score (nSPS) is 17.8. The number of ether oxygens (including phenoxy) is 2. The van der Waals surface area contributed by atoms with Gasteiger partial charge in [0, 0.05) is 19.6 Å². The number of halogens is 1. The first-order valence-electron chi connectivity index (χ1n) is 5.80. The summed E-state index contributed by atoms with van der Waals surface area (Å²) < 4.78 is 24.0. The van der Waals surface area contributed by atoms with Gasteiger partial charge in [-0.1, -0.05) is 6.07 Å². The van der Waals surface area contributed by atoms with Crippen LogP contribution in [0, 0.1) is 11.9 Å². The number of hydrogen-bond donors (Lipinski definition) is 1.